The number of ether oxygens (including phenoxy) is 1. The summed E-state index contributed by atoms with van der Waals surface area (Å²) in [4.78, 5) is 0. The molecule has 2 atom stereocenters. The molecule has 0 aromatic heterocycles. The van der Waals surface area contributed by atoms with Crippen LogP contribution in [0.25, 0.3) is 0 Å². The molecule has 3 heteroatoms. The Bertz CT molecular complexity index is 583. The number of aliphatic hydroxyl groups is 2. The maximum atomic E-state index is 9.62. The van der Waals surface area contributed by atoms with Gasteiger partial charge in [-0.3, -0.25) is 0 Å². The number of aliphatic hydroxyl groups excluding tert-OH is 2. The van der Waals surface area contributed by atoms with E-state index in [1.54, 1.807) is 0 Å². The van der Waals surface area contributed by atoms with Gasteiger partial charge in [0.05, 0.1) is 25.4 Å². The highest BCUT2D eigenvalue weighted by Crippen LogP contribution is 2.14. The van der Waals surface area contributed by atoms with E-state index in [0.717, 1.165) is 25.7 Å². The zero-order valence-corrected chi connectivity index (χ0v) is 15.3. The number of aryl methyl sites for hydroxylation is 4. The second-order valence-corrected chi connectivity index (χ2v) is 6.80. The molecule has 136 valence electrons. The van der Waals surface area contributed by atoms with Gasteiger partial charge in [0, 0.05) is 0 Å². The van der Waals surface area contributed by atoms with Crippen LogP contribution < -0.4 is 0 Å². The Morgan fingerprint density at radius 3 is 1.56 bits per heavy atom. The first-order chi connectivity index (χ1) is 12.1. The summed E-state index contributed by atoms with van der Waals surface area (Å²) >= 11 is 0. The largest absolute Gasteiger partial charge is 0.394 e. The molecule has 0 aliphatic carbocycles. The fourth-order valence-electron chi connectivity index (χ4n) is 3.07. The summed E-state index contributed by atoms with van der Waals surface area (Å²) < 4.78 is 5.95. The molecule has 2 aromatic rings. The molecule has 0 saturated heterocycles. The number of rotatable bonds is 10. The minimum Gasteiger partial charge on any atom is -0.394 e. The van der Waals surface area contributed by atoms with Crippen molar-refractivity contribution in [2.75, 3.05) is 13.2 Å². The quantitative estimate of drug-likeness (QED) is 0.693. The van der Waals surface area contributed by atoms with Gasteiger partial charge in [-0.2, -0.15) is 0 Å². The van der Waals surface area contributed by atoms with E-state index in [4.69, 9.17) is 4.74 Å². The second-order valence-electron chi connectivity index (χ2n) is 6.80. The van der Waals surface area contributed by atoms with E-state index in [-0.39, 0.29) is 25.4 Å². The van der Waals surface area contributed by atoms with Crippen molar-refractivity contribution in [1.29, 1.82) is 0 Å². The van der Waals surface area contributed by atoms with Crippen LogP contribution >= 0.6 is 0 Å². The fourth-order valence-corrected chi connectivity index (χ4v) is 3.07. The monoisotopic (exact) mass is 342 g/mol. The summed E-state index contributed by atoms with van der Waals surface area (Å²) in [5, 5.41) is 19.2. The van der Waals surface area contributed by atoms with E-state index in [0.29, 0.717) is 0 Å². The van der Waals surface area contributed by atoms with Gasteiger partial charge >= 0.3 is 0 Å². The molecule has 2 rings (SSSR count). The average molecular weight is 342 g/mol. The lowest BCUT2D eigenvalue weighted by atomic mass is 10.0. The van der Waals surface area contributed by atoms with Crippen LogP contribution in [0.15, 0.2) is 48.5 Å². The Labute approximate surface area is 151 Å². The smallest absolute Gasteiger partial charge is 0.0813 e. The lowest BCUT2D eigenvalue weighted by Crippen LogP contribution is -2.28. The third-order valence-electron chi connectivity index (χ3n) is 4.47. The SMILES string of the molecule is Cc1cccc(CCC(CO)OC(CO)CCc2cccc(C)c2)c1. The molecule has 0 fully saturated rings. The van der Waals surface area contributed by atoms with Crippen LogP contribution in [0.2, 0.25) is 0 Å². The van der Waals surface area contributed by atoms with Crippen LogP contribution in [0.4, 0.5) is 0 Å². The lowest BCUT2D eigenvalue weighted by Gasteiger charge is -2.22. The molecule has 0 spiro atoms. The van der Waals surface area contributed by atoms with Gasteiger partial charge in [0.1, 0.15) is 0 Å². The van der Waals surface area contributed by atoms with Gasteiger partial charge in [-0.25, -0.2) is 0 Å². The lowest BCUT2D eigenvalue weighted by molar-refractivity contribution is -0.0656. The molecule has 0 radical (unpaired) electrons. The first-order valence-corrected chi connectivity index (χ1v) is 9.09. The van der Waals surface area contributed by atoms with Crippen molar-refractivity contribution >= 4 is 0 Å². The maximum Gasteiger partial charge on any atom is 0.0813 e. The third-order valence-corrected chi connectivity index (χ3v) is 4.47. The first kappa shape index (κ1) is 19.6. The Morgan fingerprint density at radius 1 is 0.760 bits per heavy atom. The van der Waals surface area contributed by atoms with Gasteiger partial charge in [-0.15, -0.1) is 0 Å². The summed E-state index contributed by atoms with van der Waals surface area (Å²) in [5.74, 6) is 0. The molecule has 25 heavy (non-hydrogen) atoms. The Hall–Kier alpha value is -1.68. The highest BCUT2D eigenvalue weighted by molar-refractivity contribution is 5.23. The van der Waals surface area contributed by atoms with Gasteiger partial charge in [0.15, 0.2) is 0 Å². The van der Waals surface area contributed by atoms with Crippen molar-refractivity contribution in [3.8, 4) is 0 Å². The van der Waals surface area contributed by atoms with Crippen LogP contribution in [0.5, 0.6) is 0 Å². The highest BCUT2D eigenvalue weighted by atomic mass is 16.5. The number of hydrogen-bond acceptors (Lipinski definition) is 3. The van der Waals surface area contributed by atoms with E-state index in [9.17, 15) is 10.2 Å². The van der Waals surface area contributed by atoms with Crippen molar-refractivity contribution in [3.05, 3.63) is 70.8 Å². The zero-order chi connectivity index (χ0) is 18.1. The van der Waals surface area contributed by atoms with E-state index in [1.807, 2.05) is 0 Å². The summed E-state index contributed by atoms with van der Waals surface area (Å²) in [6.07, 6.45) is 2.75. The van der Waals surface area contributed by atoms with Gasteiger partial charge in [-0.05, 0) is 50.7 Å². The molecule has 2 N–H and O–H groups in total. The topological polar surface area (TPSA) is 49.7 Å². The van der Waals surface area contributed by atoms with Crippen molar-refractivity contribution < 1.29 is 14.9 Å². The molecule has 0 amide bonds. The summed E-state index contributed by atoms with van der Waals surface area (Å²) in [6.45, 7) is 4.12. The van der Waals surface area contributed by atoms with Crippen LogP contribution in [-0.2, 0) is 17.6 Å². The molecule has 0 heterocycles. The van der Waals surface area contributed by atoms with Gasteiger partial charge < -0.3 is 14.9 Å². The minimum atomic E-state index is -0.241. The predicted octanol–water partition coefficient (Wildman–Crippen LogP) is 3.61. The third kappa shape index (κ3) is 6.99. The first-order valence-electron chi connectivity index (χ1n) is 9.09. The second kappa shape index (κ2) is 10.3. The molecule has 3 nitrogen and oxygen atoms in total. The molecular formula is C22H30O3. The van der Waals surface area contributed by atoms with Crippen LogP contribution in [0.3, 0.4) is 0 Å². The standard InChI is InChI=1S/C22H30O3/c1-17-5-3-7-19(13-17)9-11-21(15-23)25-22(16-24)12-10-20-8-4-6-18(2)14-20/h3-8,13-14,21-24H,9-12,15-16H2,1-2H3. The number of benzene rings is 2. The minimum absolute atomic E-state index is 0.0211. The van der Waals surface area contributed by atoms with Crippen molar-refractivity contribution in [3.63, 3.8) is 0 Å². The van der Waals surface area contributed by atoms with E-state index >= 15 is 0 Å². The van der Waals surface area contributed by atoms with Crippen molar-refractivity contribution in [1.82, 2.24) is 0 Å². The van der Waals surface area contributed by atoms with Gasteiger partial charge in [0.2, 0.25) is 0 Å². The summed E-state index contributed by atoms with van der Waals surface area (Å²) in [5.41, 5.74) is 4.99. The normalized spacial score (nSPS) is 13.6. The Balaban J connectivity index is 1.82. The molecular weight excluding hydrogens is 312 g/mol. The van der Waals surface area contributed by atoms with E-state index < -0.39 is 0 Å². The Morgan fingerprint density at radius 2 is 1.20 bits per heavy atom. The van der Waals surface area contributed by atoms with E-state index in [1.165, 1.54) is 22.3 Å². The zero-order valence-electron chi connectivity index (χ0n) is 15.3. The Kier molecular flexibility index (Phi) is 8.13. The maximum absolute atomic E-state index is 9.62. The van der Waals surface area contributed by atoms with Gasteiger partial charge in [0.25, 0.3) is 0 Å². The van der Waals surface area contributed by atoms with Crippen molar-refractivity contribution in [2.45, 2.75) is 51.7 Å². The molecule has 2 aromatic carbocycles. The molecule has 0 bridgehead atoms. The van der Waals surface area contributed by atoms with Gasteiger partial charge in [-0.1, -0.05) is 59.7 Å². The number of hydrogen-bond donors (Lipinski definition) is 2. The van der Waals surface area contributed by atoms with Crippen LogP contribution in [-0.4, -0.2) is 35.6 Å². The molecule has 0 aliphatic rings. The molecule has 2 unspecified atom stereocenters. The average Bonchev–Trinajstić information content (AvgIpc) is 2.61. The fraction of sp³-hybridized carbons (Fsp3) is 0.455. The van der Waals surface area contributed by atoms with E-state index in [2.05, 4.69) is 62.4 Å². The molecule has 0 aliphatic heterocycles. The predicted molar refractivity (Wildman–Crippen MR) is 102 cm³/mol. The van der Waals surface area contributed by atoms with Crippen molar-refractivity contribution in [2.24, 2.45) is 0 Å². The van der Waals surface area contributed by atoms with Crippen LogP contribution in [0, 0.1) is 13.8 Å². The summed E-state index contributed by atoms with van der Waals surface area (Å²) in [7, 11) is 0. The molecule has 0 saturated carbocycles. The highest BCUT2D eigenvalue weighted by Gasteiger charge is 2.16. The van der Waals surface area contributed by atoms with Crippen LogP contribution in [0.1, 0.15) is 35.1 Å². The summed E-state index contributed by atoms with van der Waals surface area (Å²) in [6, 6.07) is 16.8.